The predicted octanol–water partition coefficient (Wildman–Crippen LogP) is 2.99. The van der Waals surface area contributed by atoms with E-state index in [1.54, 1.807) is 29.4 Å². The van der Waals surface area contributed by atoms with E-state index in [1.165, 1.54) is 12.1 Å². The van der Waals surface area contributed by atoms with E-state index in [9.17, 15) is 9.18 Å². The molecule has 134 valence electrons. The third-order valence-corrected chi connectivity index (χ3v) is 5.40. The molecule has 0 atom stereocenters. The van der Waals surface area contributed by atoms with Gasteiger partial charge < -0.3 is 4.52 Å². The fourth-order valence-electron chi connectivity index (χ4n) is 2.80. The molecule has 1 aliphatic heterocycles. The lowest BCUT2D eigenvalue weighted by molar-refractivity contribution is -0.136. The summed E-state index contributed by atoms with van der Waals surface area (Å²) in [4.78, 5) is 12.1. The Morgan fingerprint density at radius 2 is 2.12 bits per heavy atom. The third kappa shape index (κ3) is 4.14. The molecule has 0 saturated carbocycles. The van der Waals surface area contributed by atoms with Gasteiger partial charge >= 0.3 is 0 Å². The molecule has 1 aromatic heterocycles. The number of carbonyl (C=O) groups excluding carboxylic acids is 1. The lowest BCUT2D eigenvalue weighted by atomic mass is 9.91. The van der Waals surface area contributed by atoms with Crippen molar-refractivity contribution in [1.29, 1.82) is 0 Å². The van der Waals surface area contributed by atoms with Gasteiger partial charge in [-0.25, -0.2) is 9.87 Å². The summed E-state index contributed by atoms with van der Waals surface area (Å²) in [5.41, 5.74) is 1.97. The molecule has 0 bridgehead atoms. The molecule has 0 spiro atoms. The van der Waals surface area contributed by atoms with Crippen molar-refractivity contribution in [2.75, 3.05) is 11.5 Å². The molecule has 1 amide bonds. The zero-order valence-electron chi connectivity index (χ0n) is 13.2. The first-order valence-corrected chi connectivity index (χ1v) is 9.25. The summed E-state index contributed by atoms with van der Waals surface area (Å²) in [7, 11) is 0. The molecule has 25 heavy (non-hydrogen) atoms. The molecule has 1 aromatic carbocycles. The first-order valence-electron chi connectivity index (χ1n) is 7.72. The van der Waals surface area contributed by atoms with Crippen LogP contribution in [0.15, 0.2) is 28.8 Å². The largest absolute Gasteiger partial charge is 0.356 e. The smallest absolute Gasteiger partial charge is 0.263 e. The number of amides is 1. The molecular formula is C16H17ClFN3O3S. The summed E-state index contributed by atoms with van der Waals surface area (Å²) in [5.74, 6) is 1.13. The average Bonchev–Trinajstić information content (AvgIpc) is 3.08. The highest BCUT2D eigenvalue weighted by Crippen LogP contribution is 2.29. The first kappa shape index (κ1) is 18.2. The van der Waals surface area contributed by atoms with Crippen LogP contribution in [0.25, 0.3) is 11.3 Å². The minimum atomic E-state index is -0.832. The highest BCUT2D eigenvalue weighted by atomic mass is 35.5. The number of aromatic nitrogens is 1. The Kier molecular flexibility index (Phi) is 5.63. The standard InChI is InChI=1S/C16H17ClFN3O3S/c17-11-5-10(6-12(18)7-11)14-8-13(21-24-14)9-19-16(15(22)20-23)1-3-25-4-2-16/h5-8,19,23H,1-4,9H2,(H,20,22). The highest BCUT2D eigenvalue weighted by molar-refractivity contribution is 7.99. The van der Waals surface area contributed by atoms with E-state index in [1.807, 2.05) is 0 Å². The second-order valence-electron chi connectivity index (χ2n) is 5.83. The Balaban J connectivity index is 1.73. The van der Waals surface area contributed by atoms with Gasteiger partial charge in [-0.3, -0.25) is 15.3 Å². The van der Waals surface area contributed by atoms with Crippen molar-refractivity contribution in [3.8, 4) is 11.3 Å². The zero-order chi connectivity index (χ0) is 17.9. The number of benzene rings is 1. The summed E-state index contributed by atoms with van der Waals surface area (Å²) >= 11 is 7.62. The molecule has 6 nitrogen and oxygen atoms in total. The van der Waals surface area contributed by atoms with E-state index < -0.39 is 17.3 Å². The van der Waals surface area contributed by atoms with Gasteiger partial charge in [0.1, 0.15) is 11.4 Å². The molecule has 0 radical (unpaired) electrons. The monoisotopic (exact) mass is 385 g/mol. The molecule has 3 rings (SSSR count). The number of rotatable bonds is 5. The molecule has 9 heteroatoms. The molecular weight excluding hydrogens is 369 g/mol. The number of carbonyl (C=O) groups is 1. The second-order valence-corrected chi connectivity index (χ2v) is 7.49. The number of nitrogens with one attached hydrogen (secondary N) is 2. The Morgan fingerprint density at radius 3 is 2.80 bits per heavy atom. The molecule has 0 unspecified atom stereocenters. The summed E-state index contributed by atoms with van der Waals surface area (Å²) in [6, 6.07) is 5.77. The Morgan fingerprint density at radius 1 is 1.36 bits per heavy atom. The fraction of sp³-hybridized carbons (Fsp3) is 0.375. The number of halogens is 2. The van der Waals surface area contributed by atoms with Crippen molar-refractivity contribution in [2.24, 2.45) is 0 Å². The van der Waals surface area contributed by atoms with E-state index in [0.29, 0.717) is 29.9 Å². The summed E-state index contributed by atoms with van der Waals surface area (Å²) < 4.78 is 18.7. The van der Waals surface area contributed by atoms with Crippen molar-refractivity contribution < 1.29 is 18.9 Å². The molecule has 1 fully saturated rings. The molecule has 2 aromatic rings. The van der Waals surface area contributed by atoms with Crippen LogP contribution in [-0.2, 0) is 11.3 Å². The van der Waals surface area contributed by atoms with Gasteiger partial charge in [0.25, 0.3) is 5.91 Å². The maximum atomic E-state index is 13.5. The lowest BCUT2D eigenvalue weighted by Gasteiger charge is -2.35. The number of nitrogens with zero attached hydrogens (tertiary/aromatic N) is 1. The van der Waals surface area contributed by atoms with Crippen molar-refractivity contribution in [2.45, 2.75) is 24.9 Å². The van der Waals surface area contributed by atoms with Crippen LogP contribution < -0.4 is 10.8 Å². The van der Waals surface area contributed by atoms with E-state index >= 15 is 0 Å². The van der Waals surface area contributed by atoms with Crippen LogP contribution in [0, 0.1) is 5.82 Å². The second kappa shape index (κ2) is 7.74. The van der Waals surface area contributed by atoms with E-state index in [-0.39, 0.29) is 11.6 Å². The number of thioether (sulfide) groups is 1. The van der Waals surface area contributed by atoms with E-state index in [0.717, 1.165) is 11.5 Å². The van der Waals surface area contributed by atoms with Gasteiger partial charge in [0, 0.05) is 23.2 Å². The SMILES string of the molecule is O=C(NO)C1(NCc2cc(-c3cc(F)cc(Cl)c3)on2)CCSCC1. The molecule has 3 N–H and O–H groups in total. The minimum Gasteiger partial charge on any atom is -0.356 e. The zero-order valence-corrected chi connectivity index (χ0v) is 14.8. The topological polar surface area (TPSA) is 87.4 Å². The van der Waals surface area contributed by atoms with Gasteiger partial charge in [-0.2, -0.15) is 11.8 Å². The number of hydrogen-bond donors (Lipinski definition) is 3. The Hall–Kier alpha value is -1.61. The van der Waals surface area contributed by atoms with Crippen LogP contribution >= 0.6 is 23.4 Å². The maximum absolute atomic E-state index is 13.5. The van der Waals surface area contributed by atoms with Gasteiger partial charge in [0.15, 0.2) is 5.76 Å². The van der Waals surface area contributed by atoms with Crippen LogP contribution in [0.2, 0.25) is 5.02 Å². The van der Waals surface area contributed by atoms with Gasteiger partial charge in [-0.1, -0.05) is 16.8 Å². The van der Waals surface area contributed by atoms with Crippen molar-refractivity contribution in [3.05, 3.63) is 40.8 Å². The summed E-state index contributed by atoms with van der Waals surface area (Å²) in [6.07, 6.45) is 1.21. The maximum Gasteiger partial charge on any atom is 0.263 e. The minimum absolute atomic E-state index is 0.268. The molecule has 0 aliphatic carbocycles. The van der Waals surface area contributed by atoms with Crippen LogP contribution in [0.1, 0.15) is 18.5 Å². The van der Waals surface area contributed by atoms with Crippen LogP contribution in [0.3, 0.4) is 0 Å². The predicted molar refractivity (Wildman–Crippen MR) is 93.0 cm³/mol. The van der Waals surface area contributed by atoms with Crippen LogP contribution in [0.5, 0.6) is 0 Å². The quantitative estimate of drug-likeness (QED) is 0.541. The first-order chi connectivity index (χ1) is 12.0. The number of hydrogen-bond acceptors (Lipinski definition) is 6. The van der Waals surface area contributed by atoms with E-state index in [4.69, 9.17) is 21.3 Å². The summed E-state index contributed by atoms with van der Waals surface area (Å²) in [5, 5.41) is 16.4. The lowest BCUT2D eigenvalue weighted by Crippen LogP contribution is -2.58. The number of hydroxylamine groups is 1. The Labute approximate surface area is 153 Å². The van der Waals surface area contributed by atoms with Crippen molar-refractivity contribution in [3.63, 3.8) is 0 Å². The van der Waals surface area contributed by atoms with Crippen molar-refractivity contribution in [1.82, 2.24) is 16.0 Å². The van der Waals surface area contributed by atoms with Crippen LogP contribution in [-0.4, -0.2) is 33.3 Å². The molecule has 1 saturated heterocycles. The van der Waals surface area contributed by atoms with Gasteiger partial charge in [0.05, 0.1) is 5.69 Å². The average molecular weight is 386 g/mol. The molecule has 1 aliphatic rings. The van der Waals surface area contributed by atoms with Crippen LogP contribution in [0.4, 0.5) is 4.39 Å². The van der Waals surface area contributed by atoms with Gasteiger partial charge in [-0.05, 0) is 42.5 Å². The summed E-state index contributed by atoms with van der Waals surface area (Å²) in [6.45, 7) is 0.282. The Bertz CT molecular complexity index is 745. The third-order valence-electron chi connectivity index (χ3n) is 4.20. The highest BCUT2D eigenvalue weighted by Gasteiger charge is 2.39. The fourth-order valence-corrected chi connectivity index (χ4v) is 4.21. The van der Waals surface area contributed by atoms with Crippen molar-refractivity contribution >= 4 is 29.3 Å². The normalized spacial score (nSPS) is 16.6. The van der Waals surface area contributed by atoms with E-state index in [2.05, 4.69) is 10.5 Å². The van der Waals surface area contributed by atoms with Gasteiger partial charge in [-0.15, -0.1) is 0 Å². The molecule has 2 heterocycles. The van der Waals surface area contributed by atoms with Gasteiger partial charge in [0.2, 0.25) is 0 Å².